The van der Waals surface area contributed by atoms with Gasteiger partial charge in [0.25, 0.3) is 5.91 Å². The number of aromatic nitrogens is 2. The fraction of sp³-hybridized carbons (Fsp3) is 0.500. The van der Waals surface area contributed by atoms with E-state index in [-0.39, 0.29) is 37.6 Å². The molecular weight excluding hydrogens is 469 g/mol. The molecule has 7 nitrogen and oxygen atoms in total. The number of amides is 1. The zero-order chi connectivity index (χ0) is 24.1. The minimum atomic E-state index is -4.77. The minimum absolute atomic E-state index is 0.0372. The Morgan fingerprint density at radius 2 is 1.69 bits per heavy atom. The quantitative estimate of drug-likeness (QED) is 0.653. The van der Waals surface area contributed by atoms with Crippen LogP contribution < -0.4 is 0 Å². The normalized spacial score (nSPS) is 16.4. The van der Waals surface area contributed by atoms with E-state index in [0.717, 1.165) is 16.4 Å². The van der Waals surface area contributed by atoms with Gasteiger partial charge in [0.1, 0.15) is 0 Å². The molecule has 1 aromatic carbocycles. The molecule has 12 heteroatoms. The van der Waals surface area contributed by atoms with Crippen molar-refractivity contribution in [1.82, 2.24) is 19.0 Å². The van der Waals surface area contributed by atoms with Crippen molar-refractivity contribution in [3.8, 4) is 0 Å². The SMILES string of the molecule is Cc1c(C(=O)N2CCN(S(=O)(=O)c3ccc(Cl)c(C(F)(F)F)c3)CC2)cnn1C(C)(C)C. The Morgan fingerprint density at radius 3 is 2.19 bits per heavy atom. The van der Waals surface area contributed by atoms with Crippen LogP contribution in [-0.2, 0) is 21.7 Å². The van der Waals surface area contributed by atoms with E-state index >= 15 is 0 Å². The van der Waals surface area contributed by atoms with E-state index in [1.807, 2.05) is 20.8 Å². The summed E-state index contributed by atoms with van der Waals surface area (Å²) in [5, 5.41) is 3.72. The van der Waals surface area contributed by atoms with Crippen LogP contribution in [0.15, 0.2) is 29.3 Å². The number of carbonyl (C=O) groups is 1. The van der Waals surface area contributed by atoms with Crippen LogP contribution in [0.5, 0.6) is 0 Å². The molecule has 2 heterocycles. The van der Waals surface area contributed by atoms with Crippen molar-refractivity contribution in [3.63, 3.8) is 0 Å². The maximum absolute atomic E-state index is 13.1. The van der Waals surface area contributed by atoms with Crippen molar-refractivity contribution in [1.29, 1.82) is 0 Å². The Bertz CT molecular complexity index is 1130. The molecule has 32 heavy (non-hydrogen) atoms. The third-order valence-corrected chi connectivity index (χ3v) is 7.51. The lowest BCUT2D eigenvalue weighted by Crippen LogP contribution is -2.50. The van der Waals surface area contributed by atoms with Gasteiger partial charge in [0.15, 0.2) is 0 Å². The van der Waals surface area contributed by atoms with Crippen molar-refractivity contribution in [2.45, 2.75) is 44.3 Å². The van der Waals surface area contributed by atoms with Gasteiger partial charge in [0.05, 0.1) is 32.8 Å². The first-order valence-electron chi connectivity index (χ1n) is 9.85. The van der Waals surface area contributed by atoms with Crippen LogP contribution >= 0.6 is 11.6 Å². The Labute approximate surface area is 189 Å². The second-order valence-corrected chi connectivity index (χ2v) is 10.9. The minimum Gasteiger partial charge on any atom is -0.336 e. The van der Waals surface area contributed by atoms with Crippen LogP contribution in [0.2, 0.25) is 5.02 Å². The average Bonchev–Trinajstić information content (AvgIpc) is 3.08. The first-order chi connectivity index (χ1) is 14.6. The molecule has 1 amide bonds. The monoisotopic (exact) mass is 492 g/mol. The Hall–Kier alpha value is -2.11. The van der Waals surface area contributed by atoms with Gasteiger partial charge in [-0.3, -0.25) is 9.48 Å². The highest BCUT2D eigenvalue weighted by atomic mass is 35.5. The summed E-state index contributed by atoms with van der Waals surface area (Å²) >= 11 is 5.59. The average molecular weight is 493 g/mol. The summed E-state index contributed by atoms with van der Waals surface area (Å²) in [6.45, 7) is 7.83. The highest BCUT2D eigenvalue weighted by molar-refractivity contribution is 7.89. The molecule has 1 aliphatic rings. The molecule has 0 aliphatic carbocycles. The summed E-state index contributed by atoms with van der Waals surface area (Å²) in [5.74, 6) is -0.263. The number of piperazine rings is 1. The van der Waals surface area contributed by atoms with Crippen LogP contribution in [0.4, 0.5) is 13.2 Å². The standard InChI is InChI=1S/C20H24ClF3N4O3S/c1-13-15(12-25-28(13)19(2,3)4)18(29)26-7-9-27(10-8-26)32(30,31)14-5-6-17(21)16(11-14)20(22,23)24/h5-6,11-12H,7-10H2,1-4H3. The van der Waals surface area contributed by atoms with Gasteiger partial charge in [-0.2, -0.15) is 22.6 Å². The molecule has 0 bridgehead atoms. The van der Waals surface area contributed by atoms with Gasteiger partial charge in [-0.05, 0) is 45.9 Å². The Morgan fingerprint density at radius 1 is 1.09 bits per heavy atom. The first-order valence-corrected chi connectivity index (χ1v) is 11.7. The summed E-state index contributed by atoms with van der Waals surface area (Å²) in [4.78, 5) is 14.0. The second-order valence-electron chi connectivity index (χ2n) is 8.56. The molecule has 1 aromatic heterocycles. The van der Waals surface area contributed by atoms with Crippen molar-refractivity contribution in [3.05, 3.63) is 46.2 Å². The number of alkyl halides is 3. The van der Waals surface area contributed by atoms with Gasteiger partial charge in [-0.1, -0.05) is 11.6 Å². The maximum Gasteiger partial charge on any atom is 0.417 e. The number of benzene rings is 1. The smallest absolute Gasteiger partial charge is 0.336 e. The highest BCUT2D eigenvalue weighted by Gasteiger charge is 2.37. The third kappa shape index (κ3) is 4.65. The zero-order valence-electron chi connectivity index (χ0n) is 18.1. The number of carbonyl (C=O) groups excluding carboxylic acids is 1. The summed E-state index contributed by atoms with van der Waals surface area (Å²) in [6.07, 6.45) is -3.28. The van der Waals surface area contributed by atoms with Crippen LogP contribution in [0, 0.1) is 6.92 Å². The van der Waals surface area contributed by atoms with E-state index in [4.69, 9.17) is 11.6 Å². The van der Waals surface area contributed by atoms with Gasteiger partial charge < -0.3 is 4.90 Å². The van der Waals surface area contributed by atoms with Crippen LogP contribution in [0.1, 0.15) is 42.4 Å². The van der Waals surface area contributed by atoms with E-state index in [1.54, 1.807) is 11.6 Å². The zero-order valence-corrected chi connectivity index (χ0v) is 19.6. The van der Waals surface area contributed by atoms with Crippen LogP contribution in [0.3, 0.4) is 0 Å². The van der Waals surface area contributed by atoms with E-state index < -0.39 is 31.7 Å². The largest absolute Gasteiger partial charge is 0.417 e. The molecule has 0 saturated carbocycles. The first kappa shape index (κ1) is 24.5. The lowest BCUT2D eigenvalue weighted by Gasteiger charge is -2.34. The maximum atomic E-state index is 13.1. The summed E-state index contributed by atoms with van der Waals surface area (Å²) in [7, 11) is -4.18. The molecule has 1 saturated heterocycles. The molecule has 0 N–H and O–H groups in total. The number of hydrogen-bond acceptors (Lipinski definition) is 4. The number of hydrogen-bond donors (Lipinski definition) is 0. The van der Waals surface area contributed by atoms with Crippen molar-refractivity contribution >= 4 is 27.5 Å². The van der Waals surface area contributed by atoms with Crippen molar-refractivity contribution in [2.24, 2.45) is 0 Å². The lowest BCUT2D eigenvalue weighted by atomic mass is 10.1. The van der Waals surface area contributed by atoms with E-state index in [1.165, 1.54) is 11.1 Å². The van der Waals surface area contributed by atoms with Crippen LogP contribution in [0.25, 0.3) is 0 Å². The summed E-state index contributed by atoms with van der Waals surface area (Å²) in [6, 6.07) is 2.51. The molecule has 176 valence electrons. The summed E-state index contributed by atoms with van der Waals surface area (Å²) < 4.78 is 68.0. The van der Waals surface area contributed by atoms with E-state index in [9.17, 15) is 26.4 Å². The predicted octanol–water partition coefficient (Wildman–Crippen LogP) is 3.77. The topological polar surface area (TPSA) is 75.5 Å². The van der Waals surface area contributed by atoms with Crippen molar-refractivity contribution in [2.75, 3.05) is 26.2 Å². The molecule has 3 rings (SSSR count). The van der Waals surface area contributed by atoms with Gasteiger partial charge in [-0.15, -0.1) is 0 Å². The molecule has 0 atom stereocenters. The fourth-order valence-electron chi connectivity index (χ4n) is 3.63. The second kappa shape index (κ2) is 8.35. The van der Waals surface area contributed by atoms with Gasteiger partial charge in [-0.25, -0.2) is 8.42 Å². The summed E-state index contributed by atoms with van der Waals surface area (Å²) in [5.41, 5.74) is -0.369. The molecule has 0 radical (unpaired) electrons. The Balaban J connectivity index is 1.76. The molecule has 0 unspecified atom stereocenters. The van der Waals surface area contributed by atoms with Gasteiger partial charge in [0.2, 0.25) is 10.0 Å². The highest BCUT2D eigenvalue weighted by Crippen LogP contribution is 2.36. The number of sulfonamides is 1. The molecule has 1 aliphatic heterocycles. The molecule has 1 fully saturated rings. The molecular formula is C20H24ClF3N4O3S. The molecule has 0 spiro atoms. The number of halogens is 4. The van der Waals surface area contributed by atoms with Gasteiger partial charge >= 0.3 is 6.18 Å². The third-order valence-electron chi connectivity index (χ3n) is 5.28. The number of nitrogens with zero attached hydrogens (tertiary/aromatic N) is 4. The number of rotatable bonds is 3. The predicted molar refractivity (Wildman–Crippen MR) is 113 cm³/mol. The Kier molecular flexibility index (Phi) is 6.40. The van der Waals surface area contributed by atoms with E-state index in [0.29, 0.717) is 17.3 Å². The van der Waals surface area contributed by atoms with Crippen LogP contribution in [-0.4, -0.2) is 59.5 Å². The fourth-order valence-corrected chi connectivity index (χ4v) is 5.30. The van der Waals surface area contributed by atoms with Crippen molar-refractivity contribution < 1.29 is 26.4 Å². The lowest BCUT2D eigenvalue weighted by molar-refractivity contribution is -0.137. The molecule has 2 aromatic rings. The van der Waals surface area contributed by atoms with E-state index in [2.05, 4.69) is 5.10 Å². The van der Waals surface area contributed by atoms with Gasteiger partial charge in [0, 0.05) is 31.9 Å².